The molecule has 0 aliphatic rings. The van der Waals surface area contributed by atoms with E-state index in [0.717, 1.165) is 0 Å². The zero-order valence-corrected chi connectivity index (χ0v) is 10.8. The van der Waals surface area contributed by atoms with Crippen molar-refractivity contribution in [2.45, 2.75) is 39.4 Å². The lowest BCUT2D eigenvalue weighted by Gasteiger charge is -2.18. The van der Waals surface area contributed by atoms with E-state index in [4.69, 9.17) is 4.74 Å². The van der Waals surface area contributed by atoms with Crippen molar-refractivity contribution in [3.8, 4) is 0 Å². The van der Waals surface area contributed by atoms with Crippen molar-refractivity contribution in [3.63, 3.8) is 0 Å². The highest BCUT2D eigenvalue weighted by Crippen LogP contribution is 2.16. The highest BCUT2D eigenvalue weighted by atomic mass is 16.6. The van der Waals surface area contributed by atoms with E-state index < -0.39 is 17.8 Å². The minimum absolute atomic E-state index is 0.359. The van der Waals surface area contributed by atoms with E-state index in [0.29, 0.717) is 11.5 Å². The summed E-state index contributed by atoms with van der Waals surface area (Å²) in [6, 6.07) is 1.61. The molecule has 17 heavy (non-hydrogen) atoms. The molecular formula is C11H19N3O3. The topological polar surface area (TPSA) is 76.4 Å². The van der Waals surface area contributed by atoms with Crippen LogP contribution in [0, 0.1) is 0 Å². The Labute approximate surface area is 101 Å². The third kappa shape index (κ3) is 4.07. The van der Waals surface area contributed by atoms with Gasteiger partial charge in [-0.15, -0.1) is 0 Å². The molecule has 0 saturated carbocycles. The number of amides is 1. The van der Waals surface area contributed by atoms with Crippen molar-refractivity contribution in [2.75, 3.05) is 5.32 Å². The lowest BCUT2D eigenvalue weighted by Crippen LogP contribution is -2.27. The fourth-order valence-electron chi connectivity index (χ4n) is 1.34. The van der Waals surface area contributed by atoms with Gasteiger partial charge in [-0.2, -0.15) is 5.10 Å². The van der Waals surface area contributed by atoms with E-state index in [1.165, 1.54) is 4.68 Å². The van der Waals surface area contributed by atoms with Gasteiger partial charge in [0.1, 0.15) is 5.60 Å². The Hall–Kier alpha value is -1.56. The van der Waals surface area contributed by atoms with Crippen molar-refractivity contribution >= 4 is 11.9 Å². The van der Waals surface area contributed by atoms with Crippen LogP contribution in [0.4, 0.5) is 10.6 Å². The molecule has 6 heteroatoms. The van der Waals surface area contributed by atoms with Gasteiger partial charge in [0.25, 0.3) is 0 Å². The average Bonchev–Trinajstić information content (AvgIpc) is 2.42. The Morgan fingerprint density at radius 2 is 2.18 bits per heavy atom. The van der Waals surface area contributed by atoms with Crippen LogP contribution in [0.2, 0.25) is 0 Å². The SMILES string of the molecule is CC(O)c1cc(NC(=O)OC(C)(C)C)nn1C. The van der Waals surface area contributed by atoms with Gasteiger partial charge in [-0.3, -0.25) is 10.00 Å². The second-order valence-electron chi connectivity index (χ2n) is 4.88. The Morgan fingerprint density at radius 1 is 1.59 bits per heavy atom. The maximum absolute atomic E-state index is 11.5. The second kappa shape index (κ2) is 4.75. The smallest absolute Gasteiger partial charge is 0.413 e. The minimum Gasteiger partial charge on any atom is -0.444 e. The summed E-state index contributed by atoms with van der Waals surface area (Å²) in [6.07, 6.45) is -1.20. The molecule has 6 nitrogen and oxygen atoms in total. The van der Waals surface area contributed by atoms with Gasteiger partial charge >= 0.3 is 6.09 Å². The van der Waals surface area contributed by atoms with E-state index in [1.807, 2.05) is 0 Å². The molecule has 0 bridgehead atoms. The Kier molecular flexibility index (Phi) is 3.77. The van der Waals surface area contributed by atoms with E-state index >= 15 is 0 Å². The van der Waals surface area contributed by atoms with Crippen molar-refractivity contribution in [1.29, 1.82) is 0 Å². The number of anilines is 1. The molecule has 96 valence electrons. The van der Waals surface area contributed by atoms with Crippen molar-refractivity contribution in [1.82, 2.24) is 9.78 Å². The molecule has 0 radical (unpaired) electrons. The molecule has 1 aromatic heterocycles. The van der Waals surface area contributed by atoms with E-state index in [1.54, 1.807) is 40.8 Å². The van der Waals surface area contributed by atoms with Crippen LogP contribution in [0.3, 0.4) is 0 Å². The fraction of sp³-hybridized carbons (Fsp3) is 0.636. The predicted molar refractivity (Wildman–Crippen MR) is 63.7 cm³/mol. The molecule has 1 amide bonds. The highest BCUT2D eigenvalue weighted by molar-refractivity contribution is 5.83. The van der Waals surface area contributed by atoms with Crippen LogP contribution in [-0.2, 0) is 11.8 Å². The van der Waals surface area contributed by atoms with E-state index in [9.17, 15) is 9.90 Å². The number of hydrogen-bond donors (Lipinski definition) is 2. The summed E-state index contributed by atoms with van der Waals surface area (Å²) < 4.78 is 6.60. The molecular weight excluding hydrogens is 222 g/mol. The average molecular weight is 241 g/mol. The molecule has 0 aliphatic heterocycles. The second-order valence-corrected chi connectivity index (χ2v) is 4.88. The number of hydrogen-bond acceptors (Lipinski definition) is 4. The third-order valence-corrected chi connectivity index (χ3v) is 1.97. The molecule has 0 fully saturated rings. The first kappa shape index (κ1) is 13.5. The molecule has 1 atom stereocenters. The Morgan fingerprint density at radius 3 is 2.59 bits per heavy atom. The summed E-state index contributed by atoms with van der Waals surface area (Å²) in [7, 11) is 1.70. The number of aliphatic hydroxyl groups is 1. The maximum atomic E-state index is 11.5. The molecule has 2 N–H and O–H groups in total. The van der Waals surface area contributed by atoms with Gasteiger partial charge in [0.05, 0.1) is 11.8 Å². The lowest BCUT2D eigenvalue weighted by atomic mass is 10.2. The van der Waals surface area contributed by atoms with Crippen LogP contribution in [-0.4, -0.2) is 26.6 Å². The summed E-state index contributed by atoms with van der Waals surface area (Å²) in [5.41, 5.74) is 0.0717. The van der Waals surface area contributed by atoms with Crippen LogP contribution in [0.25, 0.3) is 0 Å². The quantitative estimate of drug-likeness (QED) is 0.828. The van der Waals surface area contributed by atoms with Gasteiger partial charge in [0.2, 0.25) is 0 Å². The van der Waals surface area contributed by atoms with Crippen LogP contribution in [0.15, 0.2) is 6.07 Å². The summed E-state index contributed by atoms with van der Waals surface area (Å²) in [6.45, 7) is 6.99. The Balaban J connectivity index is 2.70. The summed E-state index contributed by atoms with van der Waals surface area (Å²) >= 11 is 0. The van der Waals surface area contributed by atoms with Gasteiger partial charge in [-0.1, -0.05) is 0 Å². The normalized spacial score (nSPS) is 13.3. The van der Waals surface area contributed by atoms with Gasteiger partial charge in [-0.05, 0) is 27.7 Å². The molecule has 0 aliphatic carbocycles. The lowest BCUT2D eigenvalue weighted by molar-refractivity contribution is 0.0635. The van der Waals surface area contributed by atoms with Gasteiger partial charge in [0, 0.05) is 13.1 Å². The third-order valence-electron chi connectivity index (χ3n) is 1.97. The standard InChI is InChI=1S/C11H19N3O3/c1-7(15)8-6-9(13-14(8)5)12-10(16)17-11(2,3)4/h6-7,15H,1-5H3,(H,12,13,16). The number of carbonyl (C=O) groups excluding carboxylic acids is 1. The van der Waals surface area contributed by atoms with E-state index in [-0.39, 0.29) is 0 Å². The van der Waals surface area contributed by atoms with E-state index in [2.05, 4.69) is 10.4 Å². The molecule has 1 rings (SSSR count). The molecule has 0 spiro atoms. The molecule has 1 aromatic rings. The summed E-state index contributed by atoms with van der Waals surface area (Å²) in [5.74, 6) is 0.359. The number of rotatable bonds is 2. The first-order valence-corrected chi connectivity index (χ1v) is 5.41. The molecule has 0 aromatic carbocycles. The van der Waals surface area contributed by atoms with Crippen LogP contribution in [0.5, 0.6) is 0 Å². The monoisotopic (exact) mass is 241 g/mol. The largest absolute Gasteiger partial charge is 0.444 e. The van der Waals surface area contributed by atoms with Gasteiger partial charge < -0.3 is 9.84 Å². The maximum Gasteiger partial charge on any atom is 0.413 e. The fourth-order valence-corrected chi connectivity index (χ4v) is 1.34. The van der Waals surface area contributed by atoms with Crippen LogP contribution < -0.4 is 5.32 Å². The van der Waals surface area contributed by atoms with Crippen LogP contribution >= 0.6 is 0 Å². The van der Waals surface area contributed by atoms with Crippen molar-refractivity contribution in [3.05, 3.63) is 11.8 Å². The molecule has 1 unspecified atom stereocenters. The zero-order valence-electron chi connectivity index (χ0n) is 10.8. The first-order valence-electron chi connectivity index (χ1n) is 5.41. The minimum atomic E-state index is -0.637. The number of carbonyl (C=O) groups is 1. The summed E-state index contributed by atoms with van der Waals surface area (Å²) in [4.78, 5) is 11.5. The molecule has 1 heterocycles. The first-order chi connectivity index (χ1) is 7.69. The number of ether oxygens (including phenoxy) is 1. The van der Waals surface area contributed by atoms with Crippen molar-refractivity contribution in [2.24, 2.45) is 7.05 Å². The number of nitrogens with one attached hydrogen (secondary N) is 1. The number of aromatic nitrogens is 2. The van der Waals surface area contributed by atoms with Gasteiger partial charge in [-0.25, -0.2) is 4.79 Å². The number of aliphatic hydroxyl groups excluding tert-OH is 1. The van der Waals surface area contributed by atoms with Crippen LogP contribution in [0.1, 0.15) is 39.5 Å². The number of nitrogens with zero attached hydrogens (tertiary/aromatic N) is 2. The summed E-state index contributed by atoms with van der Waals surface area (Å²) in [5, 5.41) is 16.0. The zero-order chi connectivity index (χ0) is 13.2. The predicted octanol–water partition coefficient (Wildman–Crippen LogP) is 1.82. The highest BCUT2D eigenvalue weighted by Gasteiger charge is 2.18. The number of aryl methyl sites for hydroxylation is 1. The van der Waals surface area contributed by atoms with Gasteiger partial charge in [0.15, 0.2) is 5.82 Å². The molecule has 0 saturated heterocycles. The Bertz CT molecular complexity index is 405. The van der Waals surface area contributed by atoms with Crippen molar-refractivity contribution < 1.29 is 14.6 Å².